The smallest absolute Gasteiger partial charge is 0.167 e. The van der Waals surface area contributed by atoms with E-state index in [0.717, 1.165) is 82.5 Å². The van der Waals surface area contributed by atoms with E-state index in [1.165, 1.54) is 10.8 Å². The zero-order valence-electron chi connectivity index (χ0n) is 27.7. The van der Waals surface area contributed by atoms with Crippen molar-refractivity contribution in [2.75, 3.05) is 0 Å². The van der Waals surface area contributed by atoms with Crippen LogP contribution in [-0.4, -0.2) is 15.0 Å². The van der Waals surface area contributed by atoms with Crippen molar-refractivity contribution in [2.24, 2.45) is 0 Å². The minimum absolute atomic E-state index is 0.539. The van der Waals surface area contributed by atoms with E-state index < -0.39 is 0 Å². The van der Waals surface area contributed by atoms with Crippen LogP contribution < -0.4 is 0 Å². The second-order valence-corrected chi connectivity index (χ2v) is 13.2. The van der Waals surface area contributed by atoms with Crippen molar-refractivity contribution in [2.45, 2.75) is 0 Å². The van der Waals surface area contributed by atoms with Gasteiger partial charge in [-0.3, -0.25) is 0 Å². The first-order valence-corrected chi connectivity index (χ1v) is 17.3. The average molecular weight is 666 g/mol. The van der Waals surface area contributed by atoms with E-state index >= 15 is 0 Å². The number of furan rings is 2. The second-order valence-electron chi connectivity index (χ2n) is 13.2. The van der Waals surface area contributed by atoms with Crippen LogP contribution in [0.4, 0.5) is 0 Å². The molecule has 8 aromatic carbocycles. The summed E-state index contributed by atoms with van der Waals surface area (Å²) < 4.78 is 13.0. The fraction of sp³-hybridized carbons (Fsp3) is 0. The van der Waals surface area contributed by atoms with Gasteiger partial charge in [0.2, 0.25) is 0 Å². The maximum Gasteiger partial charge on any atom is 0.167 e. The molecule has 0 bridgehead atoms. The quantitative estimate of drug-likeness (QED) is 0.187. The van der Waals surface area contributed by atoms with Gasteiger partial charge in [-0.1, -0.05) is 127 Å². The lowest BCUT2D eigenvalue weighted by Crippen LogP contribution is -2.00. The maximum absolute atomic E-state index is 6.55. The summed E-state index contributed by atoms with van der Waals surface area (Å²) in [4.78, 5) is 15.6. The van der Waals surface area contributed by atoms with Gasteiger partial charge in [0, 0.05) is 32.7 Å². The van der Waals surface area contributed by atoms with E-state index in [2.05, 4.69) is 115 Å². The molecule has 0 atom stereocenters. The summed E-state index contributed by atoms with van der Waals surface area (Å²) in [5.41, 5.74) is 7.94. The van der Waals surface area contributed by atoms with Crippen LogP contribution in [0.1, 0.15) is 0 Å². The van der Waals surface area contributed by atoms with E-state index in [9.17, 15) is 0 Å². The minimum Gasteiger partial charge on any atom is -0.456 e. The monoisotopic (exact) mass is 665 g/mol. The van der Waals surface area contributed by atoms with E-state index in [0.29, 0.717) is 17.5 Å². The molecule has 0 amide bonds. The van der Waals surface area contributed by atoms with Gasteiger partial charge in [0.15, 0.2) is 17.5 Å². The van der Waals surface area contributed by atoms with Crippen molar-refractivity contribution in [1.82, 2.24) is 15.0 Å². The number of fused-ring (bicyclic) bond motifs is 8. The third-order valence-corrected chi connectivity index (χ3v) is 10.1. The highest BCUT2D eigenvalue weighted by Crippen LogP contribution is 2.42. The third kappa shape index (κ3) is 4.46. The Kier molecular flexibility index (Phi) is 6.18. The Morgan fingerprint density at radius 2 is 0.846 bits per heavy atom. The van der Waals surface area contributed by atoms with Gasteiger partial charge in [0.1, 0.15) is 22.3 Å². The van der Waals surface area contributed by atoms with Crippen LogP contribution >= 0.6 is 0 Å². The Morgan fingerprint density at radius 1 is 0.327 bits per heavy atom. The predicted octanol–water partition coefficient (Wildman–Crippen LogP) is 12.6. The van der Waals surface area contributed by atoms with Gasteiger partial charge in [-0.2, -0.15) is 0 Å². The largest absolute Gasteiger partial charge is 0.456 e. The zero-order chi connectivity index (χ0) is 34.2. The standard InChI is InChI=1S/C47H27N3O2/c1-3-12-30-26-32(24-22-28(30)10-1)34-15-8-20-40-42(34)43-37(17-9-21-41(43)51-40)46-48-45(33-25-23-29-11-2-4-13-31(29)27-33)49-47(50-46)38-18-7-16-36-35-14-5-6-19-39(35)52-44(36)38/h1-27H. The maximum atomic E-state index is 6.55. The van der Waals surface area contributed by atoms with Crippen LogP contribution in [0, 0.1) is 0 Å². The van der Waals surface area contributed by atoms with Crippen LogP contribution in [0.5, 0.6) is 0 Å². The highest BCUT2D eigenvalue weighted by Gasteiger charge is 2.22. The van der Waals surface area contributed by atoms with E-state index in [1.54, 1.807) is 0 Å². The molecule has 0 radical (unpaired) electrons. The summed E-state index contributed by atoms with van der Waals surface area (Å²) >= 11 is 0. The number of aromatic nitrogens is 3. The van der Waals surface area contributed by atoms with Gasteiger partial charge in [0.25, 0.3) is 0 Å². The summed E-state index contributed by atoms with van der Waals surface area (Å²) in [5, 5.41) is 8.72. The van der Waals surface area contributed by atoms with Crippen molar-refractivity contribution in [3.05, 3.63) is 164 Å². The molecule has 5 nitrogen and oxygen atoms in total. The number of para-hydroxylation sites is 2. The van der Waals surface area contributed by atoms with E-state index in [4.69, 9.17) is 23.8 Å². The third-order valence-electron chi connectivity index (χ3n) is 10.1. The fourth-order valence-corrected chi connectivity index (χ4v) is 7.65. The minimum atomic E-state index is 0.539. The Balaban J connectivity index is 1.19. The molecule has 0 fully saturated rings. The molecular formula is C47H27N3O2. The Labute approximate surface area is 297 Å². The zero-order valence-corrected chi connectivity index (χ0v) is 27.7. The lowest BCUT2D eigenvalue weighted by atomic mass is 9.95. The number of rotatable bonds is 4. The molecule has 3 heterocycles. The van der Waals surface area contributed by atoms with Gasteiger partial charge >= 0.3 is 0 Å². The van der Waals surface area contributed by atoms with Gasteiger partial charge in [-0.25, -0.2) is 15.0 Å². The summed E-state index contributed by atoms with van der Waals surface area (Å²) in [7, 11) is 0. The number of hydrogen-bond acceptors (Lipinski definition) is 5. The van der Waals surface area contributed by atoms with Crippen LogP contribution in [-0.2, 0) is 0 Å². The lowest BCUT2D eigenvalue weighted by Gasteiger charge is -2.11. The molecule has 0 saturated heterocycles. The van der Waals surface area contributed by atoms with Crippen LogP contribution in [0.15, 0.2) is 173 Å². The van der Waals surface area contributed by atoms with Gasteiger partial charge in [0.05, 0.1) is 5.56 Å². The van der Waals surface area contributed by atoms with Crippen LogP contribution in [0.2, 0.25) is 0 Å². The summed E-state index contributed by atoms with van der Waals surface area (Å²) in [6.45, 7) is 0. The van der Waals surface area contributed by atoms with Crippen molar-refractivity contribution >= 4 is 65.4 Å². The molecule has 11 aromatic rings. The van der Waals surface area contributed by atoms with Crippen molar-refractivity contribution < 1.29 is 8.83 Å². The Morgan fingerprint density at radius 3 is 1.62 bits per heavy atom. The molecular weight excluding hydrogens is 639 g/mol. The molecule has 242 valence electrons. The fourth-order valence-electron chi connectivity index (χ4n) is 7.65. The summed E-state index contributed by atoms with van der Waals surface area (Å²) in [6, 6.07) is 56.4. The SMILES string of the molecule is c1ccc2cc(-c3nc(-c4cccc5c4oc4ccccc45)nc(-c4cccc5oc6cccc(-c7ccc8ccccc8c7)c6c45)n3)ccc2c1. The van der Waals surface area contributed by atoms with E-state index in [-0.39, 0.29) is 0 Å². The van der Waals surface area contributed by atoms with Crippen LogP contribution in [0.3, 0.4) is 0 Å². The lowest BCUT2D eigenvalue weighted by molar-refractivity contribution is 0.668. The average Bonchev–Trinajstić information content (AvgIpc) is 3.79. The Bertz CT molecular complexity index is 3210. The molecule has 52 heavy (non-hydrogen) atoms. The number of hydrogen-bond donors (Lipinski definition) is 0. The predicted molar refractivity (Wildman–Crippen MR) is 211 cm³/mol. The molecule has 0 aliphatic rings. The molecule has 3 aromatic heterocycles. The van der Waals surface area contributed by atoms with Gasteiger partial charge in [-0.15, -0.1) is 0 Å². The Hall–Kier alpha value is -7.11. The van der Waals surface area contributed by atoms with E-state index in [1.807, 2.05) is 48.5 Å². The molecule has 0 spiro atoms. The molecule has 0 unspecified atom stereocenters. The van der Waals surface area contributed by atoms with Gasteiger partial charge < -0.3 is 8.83 Å². The van der Waals surface area contributed by atoms with Crippen molar-refractivity contribution in [3.8, 4) is 45.3 Å². The first kappa shape index (κ1) is 28.7. The normalized spacial score (nSPS) is 11.8. The first-order chi connectivity index (χ1) is 25.7. The molecule has 0 aliphatic heterocycles. The first-order valence-electron chi connectivity index (χ1n) is 17.3. The number of nitrogens with zero attached hydrogens (tertiary/aromatic N) is 3. The molecule has 5 heteroatoms. The molecule has 11 rings (SSSR count). The topological polar surface area (TPSA) is 65.0 Å². The molecule has 0 saturated carbocycles. The molecule has 0 aliphatic carbocycles. The van der Waals surface area contributed by atoms with Crippen molar-refractivity contribution in [3.63, 3.8) is 0 Å². The highest BCUT2D eigenvalue weighted by atomic mass is 16.3. The summed E-state index contributed by atoms with van der Waals surface area (Å²) in [6.07, 6.45) is 0. The summed E-state index contributed by atoms with van der Waals surface area (Å²) in [5.74, 6) is 1.68. The van der Waals surface area contributed by atoms with Gasteiger partial charge in [-0.05, 0) is 69.1 Å². The van der Waals surface area contributed by atoms with Crippen molar-refractivity contribution in [1.29, 1.82) is 0 Å². The number of benzene rings is 8. The highest BCUT2D eigenvalue weighted by molar-refractivity contribution is 6.18. The second kappa shape index (κ2) is 11.2. The van der Waals surface area contributed by atoms with Crippen LogP contribution in [0.25, 0.3) is 111 Å². The molecule has 0 N–H and O–H groups in total.